The van der Waals surface area contributed by atoms with Gasteiger partial charge in [-0.2, -0.15) is 5.10 Å². The van der Waals surface area contributed by atoms with Crippen LogP contribution in [0.4, 0.5) is 0 Å². The minimum Gasteiger partial charge on any atom is -0.492 e. The number of carbonyl (C=O) groups excluding carboxylic acids is 1. The van der Waals surface area contributed by atoms with Gasteiger partial charge in [0.15, 0.2) is 5.65 Å². The highest BCUT2D eigenvalue weighted by Gasteiger charge is 2.32. The average molecular weight is 495 g/mol. The number of nitrogens with one attached hydrogen (secondary N) is 1. The molecular formula is C29H30N6O2. The lowest BCUT2D eigenvalue weighted by Crippen LogP contribution is -2.33. The maximum atomic E-state index is 12.7. The second-order valence-electron chi connectivity index (χ2n) is 9.60. The molecule has 0 radical (unpaired) electrons. The quantitative estimate of drug-likeness (QED) is 0.401. The summed E-state index contributed by atoms with van der Waals surface area (Å²) in [4.78, 5) is 21.4. The molecule has 2 aliphatic heterocycles. The molecule has 2 aromatic heterocycles. The number of amides is 1. The Hall–Kier alpha value is -4.04. The van der Waals surface area contributed by atoms with Gasteiger partial charge in [0, 0.05) is 42.2 Å². The van der Waals surface area contributed by atoms with Gasteiger partial charge in [-0.25, -0.2) is 9.50 Å². The number of hydrogen-bond acceptors (Lipinski definition) is 6. The van der Waals surface area contributed by atoms with Gasteiger partial charge < -0.3 is 4.74 Å². The predicted octanol–water partition coefficient (Wildman–Crippen LogP) is 4.73. The van der Waals surface area contributed by atoms with Crippen molar-refractivity contribution >= 4 is 17.4 Å². The van der Waals surface area contributed by atoms with Gasteiger partial charge >= 0.3 is 0 Å². The molecule has 0 unspecified atom stereocenters. The highest BCUT2D eigenvalue weighted by molar-refractivity contribution is 6.22. The molecule has 1 saturated heterocycles. The van der Waals surface area contributed by atoms with Gasteiger partial charge in [-0.05, 0) is 68.2 Å². The standard InChI is InChI=1S/C29H30N6O2/c1-2-34-27(30)24-11-8-21(16-25(24)29(34)36)26-18-32-35-19-22(17-31-28(26)35)20-6-9-23(10-7-20)37-15-14-33-12-4-3-5-13-33/h6-11,16-19,30H,2-5,12-15H2,1H3. The van der Waals surface area contributed by atoms with Gasteiger partial charge in [0.05, 0.1) is 11.8 Å². The molecule has 0 saturated carbocycles. The first-order valence-electron chi connectivity index (χ1n) is 13.0. The Morgan fingerprint density at radius 1 is 0.919 bits per heavy atom. The van der Waals surface area contributed by atoms with Crippen LogP contribution in [0, 0.1) is 5.41 Å². The van der Waals surface area contributed by atoms with Crippen molar-refractivity contribution in [3.63, 3.8) is 0 Å². The highest BCUT2D eigenvalue weighted by atomic mass is 16.5. The summed E-state index contributed by atoms with van der Waals surface area (Å²) in [5.74, 6) is 1.00. The lowest BCUT2D eigenvalue weighted by atomic mass is 10.0. The van der Waals surface area contributed by atoms with Crippen molar-refractivity contribution in [2.24, 2.45) is 0 Å². The van der Waals surface area contributed by atoms with Crippen LogP contribution in [0.25, 0.3) is 27.9 Å². The summed E-state index contributed by atoms with van der Waals surface area (Å²) in [7, 11) is 0. The van der Waals surface area contributed by atoms with Crippen LogP contribution in [-0.4, -0.2) is 68.9 Å². The van der Waals surface area contributed by atoms with Crippen LogP contribution in [-0.2, 0) is 0 Å². The summed E-state index contributed by atoms with van der Waals surface area (Å²) in [5.41, 5.74) is 5.64. The van der Waals surface area contributed by atoms with E-state index in [-0.39, 0.29) is 11.7 Å². The van der Waals surface area contributed by atoms with Crippen LogP contribution in [0.15, 0.2) is 61.1 Å². The maximum absolute atomic E-state index is 12.7. The summed E-state index contributed by atoms with van der Waals surface area (Å²) < 4.78 is 7.73. The van der Waals surface area contributed by atoms with Crippen molar-refractivity contribution in [1.29, 1.82) is 5.41 Å². The number of ether oxygens (including phenoxy) is 1. The molecule has 188 valence electrons. The Balaban J connectivity index is 1.18. The molecule has 0 spiro atoms. The number of amidine groups is 1. The number of piperidine rings is 1. The van der Waals surface area contributed by atoms with E-state index >= 15 is 0 Å². The first-order chi connectivity index (χ1) is 18.1. The van der Waals surface area contributed by atoms with E-state index in [1.807, 2.05) is 61.8 Å². The van der Waals surface area contributed by atoms with Crippen LogP contribution < -0.4 is 4.74 Å². The van der Waals surface area contributed by atoms with Crippen molar-refractivity contribution in [2.45, 2.75) is 26.2 Å². The third kappa shape index (κ3) is 4.38. The Bertz CT molecular complexity index is 1470. The molecule has 2 aromatic carbocycles. The number of rotatable bonds is 7. The van der Waals surface area contributed by atoms with E-state index in [1.165, 1.54) is 37.3 Å². The third-order valence-electron chi connectivity index (χ3n) is 7.32. The fraction of sp³-hybridized carbons (Fsp3) is 0.310. The molecule has 1 N–H and O–H groups in total. The van der Waals surface area contributed by atoms with Crippen LogP contribution in [0.5, 0.6) is 5.75 Å². The number of benzene rings is 2. The number of nitrogens with zero attached hydrogens (tertiary/aromatic N) is 5. The van der Waals surface area contributed by atoms with E-state index in [2.05, 4.69) is 10.00 Å². The third-order valence-corrected chi connectivity index (χ3v) is 7.32. The molecule has 0 aliphatic carbocycles. The molecule has 2 aliphatic rings. The zero-order valence-electron chi connectivity index (χ0n) is 21.0. The first-order valence-corrected chi connectivity index (χ1v) is 13.0. The predicted molar refractivity (Wildman–Crippen MR) is 143 cm³/mol. The van der Waals surface area contributed by atoms with Gasteiger partial charge in [-0.1, -0.05) is 24.6 Å². The van der Waals surface area contributed by atoms with Crippen LogP contribution in [0.3, 0.4) is 0 Å². The van der Waals surface area contributed by atoms with Crippen LogP contribution in [0.2, 0.25) is 0 Å². The van der Waals surface area contributed by atoms with E-state index in [9.17, 15) is 4.79 Å². The van der Waals surface area contributed by atoms with Gasteiger partial charge in [0.1, 0.15) is 18.2 Å². The molecule has 6 rings (SSSR count). The second-order valence-corrected chi connectivity index (χ2v) is 9.60. The van der Waals surface area contributed by atoms with E-state index in [0.29, 0.717) is 29.9 Å². The topological polar surface area (TPSA) is 86.8 Å². The zero-order valence-corrected chi connectivity index (χ0v) is 21.0. The van der Waals surface area contributed by atoms with Crippen molar-refractivity contribution in [3.8, 4) is 28.0 Å². The van der Waals surface area contributed by atoms with Gasteiger partial charge in [-0.15, -0.1) is 0 Å². The monoisotopic (exact) mass is 494 g/mol. The maximum Gasteiger partial charge on any atom is 0.260 e. The number of likely N-dealkylation sites (tertiary alicyclic amines) is 1. The van der Waals surface area contributed by atoms with E-state index in [1.54, 1.807) is 10.7 Å². The SMILES string of the molecule is CCN1C(=N)c2ccc(-c3cnn4cc(-c5ccc(OCCN6CCCCC6)cc5)cnc34)cc2C1=O. The Kier molecular flexibility index (Phi) is 6.18. The molecular weight excluding hydrogens is 464 g/mol. The Morgan fingerprint density at radius 3 is 2.49 bits per heavy atom. The van der Waals surface area contributed by atoms with Crippen LogP contribution >= 0.6 is 0 Å². The zero-order chi connectivity index (χ0) is 25.4. The molecule has 0 atom stereocenters. The normalized spacial score (nSPS) is 16.0. The van der Waals surface area contributed by atoms with Gasteiger partial charge in [0.25, 0.3) is 5.91 Å². The summed E-state index contributed by atoms with van der Waals surface area (Å²) in [6, 6.07) is 13.7. The van der Waals surface area contributed by atoms with Gasteiger partial charge in [0.2, 0.25) is 0 Å². The fourth-order valence-electron chi connectivity index (χ4n) is 5.24. The van der Waals surface area contributed by atoms with E-state index in [0.717, 1.165) is 34.5 Å². The summed E-state index contributed by atoms with van der Waals surface area (Å²) >= 11 is 0. The Morgan fingerprint density at radius 2 is 1.70 bits per heavy atom. The summed E-state index contributed by atoms with van der Waals surface area (Å²) in [5, 5.41) is 12.8. The smallest absolute Gasteiger partial charge is 0.260 e. The first kappa shape index (κ1) is 23.4. The van der Waals surface area contributed by atoms with Crippen molar-refractivity contribution < 1.29 is 9.53 Å². The Labute approximate surface area is 216 Å². The van der Waals surface area contributed by atoms with Crippen molar-refractivity contribution in [1.82, 2.24) is 24.4 Å². The number of hydrogen-bond donors (Lipinski definition) is 1. The minimum atomic E-state index is -0.130. The average Bonchev–Trinajstić information content (AvgIpc) is 3.47. The molecule has 4 heterocycles. The second kappa shape index (κ2) is 9.78. The molecule has 1 fully saturated rings. The largest absolute Gasteiger partial charge is 0.492 e. The van der Waals surface area contributed by atoms with E-state index in [4.69, 9.17) is 15.1 Å². The van der Waals surface area contributed by atoms with Crippen LogP contribution in [0.1, 0.15) is 42.1 Å². The summed E-state index contributed by atoms with van der Waals surface area (Å²) in [6.07, 6.45) is 9.51. The fourth-order valence-corrected chi connectivity index (χ4v) is 5.24. The van der Waals surface area contributed by atoms with Crippen molar-refractivity contribution in [3.05, 3.63) is 72.2 Å². The summed E-state index contributed by atoms with van der Waals surface area (Å²) in [6.45, 7) is 6.40. The minimum absolute atomic E-state index is 0.130. The lowest BCUT2D eigenvalue weighted by molar-refractivity contribution is 0.0864. The highest BCUT2D eigenvalue weighted by Crippen LogP contribution is 2.31. The molecule has 37 heavy (non-hydrogen) atoms. The number of carbonyl (C=O) groups is 1. The number of fused-ring (bicyclic) bond motifs is 2. The molecule has 8 heteroatoms. The van der Waals surface area contributed by atoms with E-state index < -0.39 is 0 Å². The molecule has 0 bridgehead atoms. The molecule has 4 aromatic rings. The van der Waals surface area contributed by atoms with Gasteiger partial charge in [-0.3, -0.25) is 20.0 Å². The molecule has 1 amide bonds. The molecule has 8 nitrogen and oxygen atoms in total. The lowest BCUT2D eigenvalue weighted by Gasteiger charge is -2.26. The van der Waals surface area contributed by atoms with Crippen molar-refractivity contribution in [2.75, 3.05) is 32.8 Å². The number of aromatic nitrogens is 3.